The number of rotatable bonds is 6. The van der Waals surface area contributed by atoms with Gasteiger partial charge in [0.2, 0.25) is 11.8 Å². The molecule has 0 bridgehead atoms. The maximum atomic E-state index is 13.3. The minimum Gasteiger partial charge on any atom is -0.351 e. The number of likely N-dealkylation sites (tertiary alicyclic amines) is 1. The van der Waals surface area contributed by atoms with Crippen LogP contribution in [0.4, 0.5) is 0 Å². The van der Waals surface area contributed by atoms with E-state index < -0.39 is 5.41 Å². The molecular formula is C24H28N2O2. The molecule has 1 heterocycles. The molecule has 0 spiro atoms. The lowest BCUT2D eigenvalue weighted by Gasteiger charge is -2.28. The number of nitrogens with zero attached hydrogens (tertiary/aromatic N) is 1. The summed E-state index contributed by atoms with van der Waals surface area (Å²) in [5.74, 6) is 0.357. The van der Waals surface area contributed by atoms with Gasteiger partial charge >= 0.3 is 0 Å². The summed E-state index contributed by atoms with van der Waals surface area (Å²) in [6, 6.07) is 18.3. The van der Waals surface area contributed by atoms with Crippen LogP contribution in [0.3, 0.4) is 0 Å². The molecule has 0 unspecified atom stereocenters. The number of hydrogen-bond donors (Lipinski definition) is 1. The SMILES string of the molecule is O=C1CCCN1Cc1ccccc1CNC(=O)C1(c2ccccc2)CCCC1. The number of benzene rings is 2. The van der Waals surface area contributed by atoms with E-state index in [0.717, 1.165) is 55.3 Å². The van der Waals surface area contributed by atoms with E-state index in [1.165, 1.54) is 0 Å². The van der Waals surface area contributed by atoms with E-state index in [1.807, 2.05) is 35.2 Å². The van der Waals surface area contributed by atoms with Crippen molar-refractivity contribution in [1.82, 2.24) is 10.2 Å². The highest BCUT2D eigenvalue weighted by atomic mass is 16.2. The summed E-state index contributed by atoms with van der Waals surface area (Å²) >= 11 is 0. The van der Waals surface area contributed by atoms with Gasteiger partial charge in [0.1, 0.15) is 0 Å². The summed E-state index contributed by atoms with van der Waals surface area (Å²) in [5.41, 5.74) is 2.94. The summed E-state index contributed by atoms with van der Waals surface area (Å²) in [4.78, 5) is 27.2. The molecule has 2 fully saturated rings. The highest BCUT2D eigenvalue weighted by molar-refractivity contribution is 5.88. The van der Waals surface area contributed by atoms with Gasteiger partial charge in [-0.1, -0.05) is 67.4 Å². The van der Waals surface area contributed by atoms with Crippen LogP contribution >= 0.6 is 0 Å². The van der Waals surface area contributed by atoms with Crippen LogP contribution in [0.25, 0.3) is 0 Å². The average molecular weight is 377 g/mol. The fraction of sp³-hybridized carbons (Fsp3) is 0.417. The van der Waals surface area contributed by atoms with Crippen LogP contribution in [0, 0.1) is 0 Å². The zero-order chi connectivity index (χ0) is 19.4. The molecule has 1 N–H and O–H groups in total. The molecule has 2 aliphatic rings. The molecule has 4 nitrogen and oxygen atoms in total. The Morgan fingerprint density at radius 1 is 0.929 bits per heavy atom. The first-order valence-electron chi connectivity index (χ1n) is 10.4. The third kappa shape index (κ3) is 3.68. The van der Waals surface area contributed by atoms with Crippen molar-refractivity contribution in [1.29, 1.82) is 0 Å². The first-order chi connectivity index (χ1) is 13.7. The molecule has 2 aromatic rings. The number of carbonyl (C=O) groups is 2. The smallest absolute Gasteiger partial charge is 0.230 e. The van der Waals surface area contributed by atoms with Crippen LogP contribution in [-0.2, 0) is 28.1 Å². The molecule has 28 heavy (non-hydrogen) atoms. The standard InChI is InChI=1S/C24H28N2O2/c27-22-13-8-16-26(22)18-20-10-5-4-9-19(20)17-25-23(28)24(14-6-7-15-24)21-11-2-1-3-12-21/h1-5,9-12H,6-8,13-18H2,(H,25,28). The van der Waals surface area contributed by atoms with Crippen molar-refractivity contribution < 1.29 is 9.59 Å². The molecule has 1 saturated carbocycles. The number of hydrogen-bond acceptors (Lipinski definition) is 2. The van der Waals surface area contributed by atoms with Gasteiger partial charge in [0.05, 0.1) is 5.41 Å². The molecule has 4 rings (SSSR count). The lowest BCUT2D eigenvalue weighted by atomic mass is 9.78. The Balaban J connectivity index is 1.48. The van der Waals surface area contributed by atoms with Gasteiger partial charge in [0.15, 0.2) is 0 Å². The van der Waals surface area contributed by atoms with Gasteiger partial charge in [-0.2, -0.15) is 0 Å². The second-order valence-electron chi connectivity index (χ2n) is 8.03. The molecular weight excluding hydrogens is 348 g/mol. The van der Waals surface area contributed by atoms with Crippen LogP contribution in [-0.4, -0.2) is 23.3 Å². The second-order valence-corrected chi connectivity index (χ2v) is 8.03. The van der Waals surface area contributed by atoms with Gasteiger partial charge < -0.3 is 10.2 Å². The zero-order valence-corrected chi connectivity index (χ0v) is 16.3. The topological polar surface area (TPSA) is 49.4 Å². The maximum absolute atomic E-state index is 13.3. The minimum absolute atomic E-state index is 0.128. The molecule has 0 aromatic heterocycles. The Bertz CT molecular complexity index is 841. The molecule has 2 amide bonds. The van der Waals surface area contributed by atoms with E-state index in [0.29, 0.717) is 19.5 Å². The lowest BCUT2D eigenvalue weighted by molar-refractivity contribution is -0.128. The highest BCUT2D eigenvalue weighted by Gasteiger charge is 2.42. The Kier molecular flexibility index (Phi) is 5.47. The van der Waals surface area contributed by atoms with Gasteiger partial charge in [-0.25, -0.2) is 0 Å². The Labute approximate surface area is 166 Å². The first-order valence-corrected chi connectivity index (χ1v) is 10.4. The van der Waals surface area contributed by atoms with Gasteiger partial charge in [-0.15, -0.1) is 0 Å². The molecule has 0 atom stereocenters. The Hall–Kier alpha value is -2.62. The van der Waals surface area contributed by atoms with Crippen molar-refractivity contribution in [2.75, 3.05) is 6.54 Å². The van der Waals surface area contributed by atoms with Crippen LogP contribution in [0.2, 0.25) is 0 Å². The number of carbonyl (C=O) groups excluding carboxylic acids is 2. The van der Waals surface area contributed by atoms with E-state index >= 15 is 0 Å². The fourth-order valence-electron chi connectivity index (χ4n) is 4.69. The molecule has 146 valence electrons. The van der Waals surface area contributed by atoms with E-state index in [9.17, 15) is 9.59 Å². The van der Waals surface area contributed by atoms with E-state index in [-0.39, 0.29) is 11.8 Å². The molecule has 4 heteroatoms. The van der Waals surface area contributed by atoms with E-state index in [1.54, 1.807) is 0 Å². The van der Waals surface area contributed by atoms with Gasteiger partial charge in [0.25, 0.3) is 0 Å². The summed E-state index contributed by atoms with van der Waals surface area (Å²) < 4.78 is 0. The van der Waals surface area contributed by atoms with Crippen molar-refractivity contribution in [3.05, 3.63) is 71.3 Å². The molecule has 1 aliphatic carbocycles. The number of amides is 2. The predicted octanol–water partition coefficient (Wildman–Crippen LogP) is 3.94. The normalized spacial score (nSPS) is 18.4. The Morgan fingerprint density at radius 3 is 2.29 bits per heavy atom. The van der Waals surface area contributed by atoms with E-state index in [4.69, 9.17) is 0 Å². The monoisotopic (exact) mass is 376 g/mol. The average Bonchev–Trinajstić information content (AvgIpc) is 3.38. The first kappa shape index (κ1) is 18.7. The zero-order valence-electron chi connectivity index (χ0n) is 16.3. The van der Waals surface area contributed by atoms with E-state index in [2.05, 4.69) is 29.6 Å². The van der Waals surface area contributed by atoms with Crippen molar-refractivity contribution in [3.8, 4) is 0 Å². The Morgan fingerprint density at radius 2 is 1.61 bits per heavy atom. The highest BCUT2D eigenvalue weighted by Crippen LogP contribution is 2.41. The van der Waals surface area contributed by atoms with Crippen molar-refractivity contribution in [2.45, 2.75) is 57.0 Å². The largest absolute Gasteiger partial charge is 0.351 e. The summed E-state index contributed by atoms with van der Waals surface area (Å²) in [5, 5.41) is 3.21. The maximum Gasteiger partial charge on any atom is 0.230 e. The van der Waals surface area contributed by atoms with Crippen LogP contribution < -0.4 is 5.32 Å². The summed E-state index contributed by atoms with van der Waals surface area (Å²) in [6.45, 7) is 1.97. The predicted molar refractivity (Wildman–Crippen MR) is 110 cm³/mol. The quantitative estimate of drug-likeness (QED) is 0.830. The molecule has 1 saturated heterocycles. The molecule has 1 aliphatic heterocycles. The van der Waals surface area contributed by atoms with Gasteiger partial charge in [-0.3, -0.25) is 9.59 Å². The van der Waals surface area contributed by atoms with Crippen LogP contribution in [0.1, 0.15) is 55.2 Å². The third-order valence-corrected chi connectivity index (χ3v) is 6.31. The molecule has 0 radical (unpaired) electrons. The van der Waals surface area contributed by atoms with Crippen LogP contribution in [0.5, 0.6) is 0 Å². The fourth-order valence-corrected chi connectivity index (χ4v) is 4.69. The summed E-state index contributed by atoms with van der Waals surface area (Å²) in [6.07, 6.45) is 5.60. The van der Waals surface area contributed by atoms with Crippen molar-refractivity contribution >= 4 is 11.8 Å². The van der Waals surface area contributed by atoms with Gasteiger partial charge in [-0.05, 0) is 36.0 Å². The van der Waals surface area contributed by atoms with Crippen LogP contribution in [0.15, 0.2) is 54.6 Å². The third-order valence-electron chi connectivity index (χ3n) is 6.31. The minimum atomic E-state index is -0.402. The lowest BCUT2D eigenvalue weighted by Crippen LogP contribution is -2.42. The number of nitrogens with one attached hydrogen (secondary N) is 1. The van der Waals surface area contributed by atoms with Crippen molar-refractivity contribution in [3.63, 3.8) is 0 Å². The molecule has 2 aromatic carbocycles. The van der Waals surface area contributed by atoms with Crippen molar-refractivity contribution in [2.24, 2.45) is 0 Å². The van der Waals surface area contributed by atoms with Gasteiger partial charge in [0, 0.05) is 26.1 Å². The second kappa shape index (κ2) is 8.17. The summed E-state index contributed by atoms with van der Waals surface area (Å²) in [7, 11) is 0.